The lowest BCUT2D eigenvalue weighted by Gasteiger charge is -2.12. The van der Waals surface area contributed by atoms with Crippen molar-refractivity contribution in [3.8, 4) is 0 Å². The van der Waals surface area contributed by atoms with E-state index in [0.717, 1.165) is 42.7 Å². The molecule has 1 fully saturated rings. The van der Waals surface area contributed by atoms with Crippen LogP contribution in [0.4, 0.5) is 5.95 Å². The second-order valence-electron chi connectivity index (χ2n) is 6.66. The van der Waals surface area contributed by atoms with Gasteiger partial charge in [-0.1, -0.05) is 18.0 Å². The van der Waals surface area contributed by atoms with Crippen LogP contribution < -0.4 is 16.6 Å². The van der Waals surface area contributed by atoms with Crippen molar-refractivity contribution >= 4 is 17.0 Å². The molecule has 9 nitrogen and oxygen atoms in total. The van der Waals surface area contributed by atoms with Crippen molar-refractivity contribution in [2.45, 2.75) is 52.1 Å². The van der Waals surface area contributed by atoms with Crippen molar-refractivity contribution in [2.24, 2.45) is 0 Å². The van der Waals surface area contributed by atoms with E-state index in [0.29, 0.717) is 17.9 Å². The Hall–Kier alpha value is -2.97. The Morgan fingerprint density at radius 3 is 2.77 bits per heavy atom. The van der Waals surface area contributed by atoms with E-state index in [9.17, 15) is 9.59 Å². The van der Waals surface area contributed by atoms with Crippen molar-refractivity contribution in [2.75, 3.05) is 5.32 Å². The maximum absolute atomic E-state index is 12.7. The Morgan fingerprint density at radius 2 is 2.08 bits per heavy atom. The molecule has 9 heteroatoms. The van der Waals surface area contributed by atoms with Crippen LogP contribution in [0.5, 0.6) is 0 Å². The molecule has 0 saturated heterocycles. The van der Waals surface area contributed by atoms with Crippen molar-refractivity contribution in [3.63, 3.8) is 0 Å². The summed E-state index contributed by atoms with van der Waals surface area (Å²) in [5.41, 5.74) is 1.23. The Morgan fingerprint density at radius 1 is 1.31 bits per heavy atom. The Bertz CT molecular complexity index is 1050. The second-order valence-corrected chi connectivity index (χ2v) is 6.66. The fourth-order valence-corrected chi connectivity index (χ4v) is 3.52. The summed E-state index contributed by atoms with van der Waals surface area (Å²) in [5.74, 6) is 1.05. The van der Waals surface area contributed by atoms with Gasteiger partial charge in [-0.15, -0.1) is 0 Å². The van der Waals surface area contributed by atoms with Gasteiger partial charge in [0.15, 0.2) is 5.65 Å². The first kappa shape index (κ1) is 16.5. The number of nitrogens with one attached hydrogen (secondary N) is 2. The fourth-order valence-electron chi connectivity index (χ4n) is 3.52. The number of fused-ring (bicyclic) bond motifs is 1. The van der Waals surface area contributed by atoms with Crippen LogP contribution in [0.2, 0.25) is 0 Å². The molecule has 1 aliphatic rings. The molecule has 3 aromatic heterocycles. The maximum Gasteiger partial charge on any atom is 0.330 e. The molecule has 0 bridgehead atoms. The lowest BCUT2D eigenvalue weighted by molar-refractivity contribution is 0.392. The fraction of sp³-hybridized carbons (Fsp3) is 0.471. The molecule has 0 spiro atoms. The van der Waals surface area contributed by atoms with E-state index < -0.39 is 5.69 Å². The van der Waals surface area contributed by atoms with E-state index in [4.69, 9.17) is 4.52 Å². The summed E-state index contributed by atoms with van der Waals surface area (Å²) in [6.45, 7) is 4.13. The Labute approximate surface area is 148 Å². The minimum Gasteiger partial charge on any atom is -0.361 e. The molecule has 3 aromatic rings. The third-order valence-electron chi connectivity index (χ3n) is 4.98. The van der Waals surface area contributed by atoms with Gasteiger partial charge < -0.3 is 9.84 Å². The number of aryl methyl sites for hydroxylation is 2. The monoisotopic (exact) mass is 356 g/mol. The first-order chi connectivity index (χ1) is 12.5. The minimum absolute atomic E-state index is 0.0343. The molecule has 0 aliphatic heterocycles. The predicted octanol–water partition coefficient (Wildman–Crippen LogP) is 1.81. The second kappa shape index (κ2) is 6.40. The van der Waals surface area contributed by atoms with Crippen molar-refractivity contribution in [1.82, 2.24) is 24.7 Å². The van der Waals surface area contributed by atoms with Gasteiger partial charge in [0.05, 0.1) is 5.69 Å². The molecule has 2 N–H and O–H groups in total. The van der Waals surface area contributed by atoms with Gasteiger partial charge in [0.25, 0.3) is 5.56 Å². The third-order valence-corrected chi connectivity index (χ3v) is 4.98. The molecular weight excluding hydrogens is 336 g/mol. The number of aromatic nitrogens is 5. The summed E-state index contributed by atoms with van der Waals surface area (Å²) in [5, 5.41) is 7.30. The molecule has 0 atom stereocenters. The van der Waals surface area contributed by atoms with Crippen LogP contribution in [0.1, 0.15) is 48.7 Å². The molecular formula is C17H20N6O3. The quantitative estimate of drug-likeness (QED) is 0.731. The first-order valence-corrected chi connectivity index (χ1v) is 8.72. The normalized spacial score (nSPS) is 15.0. The van der Waals surface area contributed by atoms with Gasteiger partial charge in [0, 0.05) is 24.3 Å². The zero-order valence-electron chi connectivity index (χ0n) is 14.7. The van der Waals surface area contributed by atoms with Crippen LogP contribution in [0, 0.1) is 13.8 Å². The standard InChI is InChI=1S/C17H20N6O3/c1-9-12(10(2)26-22-9)7-18-16-19-8-13-14(20-16)21-17(25)23(15(13)24)11-5-3-4-6-11/h8,11H,3-7H2,1-2H3,(H2,18,19,20,21,25). The molecule has 4 rings (SSSR count). The molecule has 3 heterocycles. The Kier molecular flexibility index (Phi) is 4.06. The average molecular weight is 356 g/mol. The number of aromatic amines is 1. The largest absolute Gasteiger partial charge is 0.361 e. The highest BCUT2D eigenvalue weighted by molar-refractivity contribution is 5.73. The highest BCUT2D eigenvalue weighted by atomic mass is 16.5. The van der Waals surface area contributed by atoms with E-state index >= 15 is 0 Å². The highest BCUT2D eigenvalue weighted by Gasteiger charge is 2.22. The van der Waals surface area contributed by atoms with Gasteiger partial charge in [0.1, 0.15) is 11.1 Å². The summed E-state index contributed by atoms with van der Waals surface area (Å²) in [7, 11) is 0. The van der Waals surface area contributed by atoms with Crippen LogP contribution >= 0.6 is 0 Å². The zero-order valence-corrected chi connectivity index (χ0v) is 14.7. The van der Waals surface area contributed by atoms with Gasteiger partial charge in [-0.25, -0.2) is 9.78 Å². The summed E-state index contributed by atoms with van der Waals surface area (Å²) in [6, 6.07) is -0.0343. The van der Waals surface area contributed by atoms with Crippen molar-refractivity contribution in [1.29, 1.82) is 0 Å². The summed E-state index contributed by atoms with van der Waals surface area (Å²) < 4.78 is 6.44. The number of anilines is 1. The highest BCUT2D eigenvalue weighted by Crippen LogP contribution is 2.27. The molecule has 26 heavy (non-hydrogen) atoms. The molecule has 136 valence electrons. The molecule has 1 saturated carbocycles. The third kappa shape index (κ3) is 2.79. The summed E-state index contributed by atoms with van der Waals surface area (Å²) >= 11 is 0. The minimum atomic E-state index is -0.412. The van der Waals surface area contributed by atoms with Crippen LogP contribution in [-0.2, 0) is 6.54 Å². The number of hydrogen-bond acceptors (Lipinski definition) is 7. The first-order valence-electron chi connectivity index (χ1n) is 8.72. The zero-order chi connectivity index (χ0) is 18.3. The number of hydrogen-bond donors (Lipinski definition) is 2. The molecule has 0 unspecified atom stereocenters. The number of rotatable bonds is 4. The summed E-state index contributed by atoms with van der Waals surface area (Å²) in [6.07, 6.45) is 5.24. The smallest absolute Gasteiger partial charge is 0.330 e. The van der Waals surface area contributed by atoms with Gasteiger partial charge in [-0.2, -0.15) is 4.98 Å². The molecule has 1 aliphatic carbocycles. The van der Waals surface area contributed by atoms with E-state index in [-0.39, 0.29) is 17.2 Å². The van der Waals surface area contributed by atoms with Crippen LogP contribution in [0.3, 0.4) is 0 Å². The van der Waals surface area contributed by atoms with Crippen LogP contribution in [-0.4, -0.2) is 24.7 Å². The Balaban J connectivity index is 1.66. The molecule has 0 aromatic carbocycles. The SMILES string of the molecule is Cc1noc(C)c1CNc1ncc2c(=O)n(C3CCCC3)c(=O)[nH]c2n1. The predicted molar refractivity (Wildman–Crippen MR) is 95.2 cm³/mol. The van der Waals surface area contributed by atoms with Gasteiger partial charge in [0.2, 0.25) is 5.95 Å². The maximum atomic E-state index is 12.7. The molecule has 0 amide bonds. The van der Waals surface area contributed by atoms with E-state index in [2.05, 4.69) is 25.4 Å². The topological polar surface area (TPSA) is 119 Å². The van der Waals surface area contributed by atoms with Crippen molar-refractivity contribution in [3.05, 3.63) is 44.1 Å². The van der Waals surface area contributed by atoms with Gasteiger partial charge in [-0.3, -0.25) is 14.3 Å². The lowest BCUT2D eigenvalue weighted by Crippen LogP contribution is -2.37. The molecule has 0 radical (unpaired) electrons. The van der Waals surface area contributed by atoms with E-state index in [1.165, 1.54) is 10.8 Å². The van der Waals surface area contributed by atoms with Crippen LogP contribution in [0.15, 0.2) is 20.3 Å². The lowest BCUT2D eigenvalue weighted by atomic mass is 10.2. The van der Waals surface area contributed by atoms with Gasteiger partial charge >= 0.3 is 5.69 Å². The summed E-state index contributed by atoms with van der Waals surface area (Å²) in [4.78, 5) is 36.3. The van der Waals surface area contributed by atoms with Gasteiger partial charge in [-0.05, 0) is 26.7 Å². The number of H-pyrrole nitrogens is 1. The van der Waals surface area contributed by atoms with E-state index in [1.807, 2.05) is 13.8 Å². The number of nitrogens with zero attached hydrogens (tertiary/aromatic N) is 4. The van der Waals surface area contributed by atoms with Crippen LogP contribution in [0.25, 0.3) is 11.0 Å². The van der Waals surface area contributed by atoms with E-state index in [1.54, 1.807) is 0 Å². The van der Waals surface area contributed by atoms with Crippen molar-refractivity contribution < 1.29 is 4.52 Å². The average Bonchev–Trinajstić information content (AvgIpc) is 3.24.